The second-order valence-electron chi connectivity index (χ2n) is 10.2. The van der Waals surface area contributed by atoms with E-state index in [1.165, 1.54) is 23.1 Å². The molecule has 4 aromatic rings. The smallest absolute Gasteiger partial charge is 0.311 e. The summed E-state index contributed by atoms with van der Waals surface area (Å²) in [5, 5.41) is 5.04. The summed E-state index contributed by atoms with van der Waals surface area (Å²) in [5.74, 6) is -1.02. The van der Waals surface area contributed by atoms with Crippen molar-refractivity contribution in [3.05, 3.63) is 84.1 Å². The van der Waals surface area contributed by atoms with Crippen molar-refractivity contribution in [2.45, 2.75) is 38.0 Å². The van der Waals surface area contributed by atoms with Crippen molar-refractivity contribution >= 4 is 33.6 Å². The Morgan fingerprint density at radius 1 is 1.03 bits per heavy atom. The third-order valence-corrected chi connectivity index (χ3v) is 8.11. The van der Waals surface area contributed by atoms with E-state index in [2.05, 4.69) is 58.5 Å². The quantitative estimate of drug-likeness (QED) is 0.387. The van der Waals surface area contributed by atoms with E-state index >= 15 is 0 Å². The van der Waals surface area contributed by atoms with E-state index in [1.807, 2.05) is 24.3 Å². The number of nitrogens with zero attached hydrogens (tertiary/aromatic N) is 2. The Kier molecular flexibility index (Phi) is 6.18. The van der Waals surface area contributed by atoms with Crippen LogP contribution < -0.4 is 0 Å². The highest BCUT2D eigenvalue weighted by Gasteiger charge is 2.58. The van der Waals surface area contributed by atoms with Crippen LogP contribution in [0.2, 0.25) is 0 Å². The highest BCUT2D eigenvalue weighted by atomic mass is 16.7. The van der Waals surface area contributed by atoms with Crippen LogP contribution in [0.3, 0.4) is 0 Å². The predicted molar refractivity (Wildman–Crippen MR) is 141 cm³/mol. The van der Waals surface area contributed by atoms with Gasteiger partial charge in [-0.15, -0.1) is 0 Å². The number of carbonyl (C=O) groups excluding carboxylic acids is 2. The van der Waals surface area contributed by atoms with Crippen LogP contribution in [0.25, 0.3) is 21.7 Å². The summed E-state index contributed by atoms with van der Waals surface area (Å²) in [5.41, 5.74) is 2.67. The van der Waals surface area contributed by atoms with Crippen molar-refractivity contribution in [2.75, 3.05) is 20.2 Å². The Balaban J connectivity index is 1.20. The van der Waals surface area contributed by atoms with Crippen LogP contribution in [0.1, 0.15) is 30.4 Å². The molecule has 37 heavy (non-hydrogen) atoms. The fraction of sp³-hybridized carbons (Fsp3) is 0.333. The lowest BCUT2D eigenvalue weighted by Gasteiger charge is -2.45. The van der Waals surface area contributed by atoms with Crippen LogP contribution >= 0.6 is 0 Å². The maximum atomic E-state index is 13.2. The summed E-state index contributed by atoms with van der Waals surface area (Å²) in [4.78, 5) is 37.9. The number of amides is 1. The summed E-state index contributed by atoms with van der Waals surface area (Å²) in [6, 6.07) is 22.7. The number of carbonyl (C=O) groups is 2. The first kappa shape index (κ1) is 23.7. The average Bonchev–Trinajstić information content (AvgIpc) is 3.46. The predicted octanol–water partition coefficient (Wildman–Crippen LogP) is 4.81. The minimum atomic E-state index is -0.697. The number of para-hydroxylation sites is 1. The van der Waals surface area contributed by atoms with Crippen molar-refractivity contribution in [3.63, 3.8) is 0 Å². The second kappa shape index (κ2) is 9.65. The van der Waals surface area contributed by atoms with E-state index in [4.69, 9.17) is 9.57 Å². The van der Waals surface area contributed by atoms with Crippen molar-refractivity contribution in [3.8, 4) is 0 Å². The van der Waals surface area contributed by atoms with E-state index in [9.17, 15) is 9.59 Å². The van der Waals surface area contributed by atoms with Crippen LogP contribution in [0.5, 0.6) is 0 Å². The Morgan fingerprint density at radius 2 is 1.78 bits per heavy atom. The zero-order chi connectivity index (χ0) is 25.4. The molecule has 1 aromatic heterocycles. The molecule has 2 aliphatic heterocycles. The second-order valence-corrected chi connectivity index (χ2v) is 10.2. The SMILES string of the molecule is COC(=O)C1CC(=O)N(OCc2ccc3ccccc3c2)C12CCN(Cc1c[nH]c3ccccc13)CC2. The third-order valence-electron chi connectivity index (χ3n) is 8.11. The van der Waals surface area contributed by atoms with Gasteiger partial charge in [0, 0.05) is 43.2 Å². The van der Waals surface area contributed by atoms with E-state index in [0.29, 0.717) is 12.8 Å². The molecule has 1 unspecified atom stereocenters. The third kappa shape index (κ3) is 4.28. The lowest BCUT2D eigenvalue weighted by Crippen LogP contribution is -2.57. The molecule has 3 heterocycles. The van der Waals surface area contributed by atoms with Gasteiger partial charge in [0.1, 0.15) is 6.61 Å². The monoisotopic (exact) mass is 497 g/mol. The van der Waals surface area contributed by atoms with Gasteiger partial charge in [0.05, 0.1) is 18.6 Å². The molecule has 1 N–H and O–H groups in total. The molecule has 1 amide bonds. The van der Waals surface area contributed by atoms with Gasteiger partial charge in [-0.05, 0) is 46.9 Å². The lowest BCUT2D eigenvalue weighted by atomic mass is 9.77. The van der Waals surface area contributed by atoms with Gasteiger partial charge in [-0.1, -0.05) is 54.6 Å². The molecule has 0 radical (unpaired) electrons. The standard InChI is InChI=1S/C30H31N3O4/c1-36-29(35)26-17-28(34)33(37-20-21-10-11-22-6-2-3-7-23(22)16-21)30(26)12-14-32(15-13-30)19-24-18-31-27-9-5-4-8-25(24)27/h2-11,16,18,26,31H,12-15,17,19-20H2,1H3. The maximum Gasteiger partial charge on any atom is 0.311 e. The molecule has 2 saturated heterocycles. The van der Waals surface area contributed by atoms with Gasteiger partial charge in [-0.3, -0.25) is 19.3 Å². The normalized spacial score (nSPS) is 19.8. The zero-order valence-electron chi connectivity index (χ0n) is 21.0. The number of aromatic nitrogens is 1. The molecule has 3 aromatic carbocycles. The lowest BCUT2D eigenvalue weighted by molar-refractivity contribution is -0.229. The molecular weight excluding hydrogens is 466 g/mol. The van der Waals surface area contributed by atoms with Crippen LogP contribution in [0, 0.1) is 5.92 Å². The number of hydroxylamine groups is 2. The van der Waals surface area contributed by atoms with E-state index in [-0.39, 0.29) is 24.9 Å². The van der Waals surface area contributed by atoms with Crippen molar-refractivity contribution in [1.82, 2.24) is 14.9 Å². The minimum absolute atomic E-state index is 0.118. The number of aromatic amines is 1. The number of methoxy groups -OCH3 is 1. The Bertz CT molecular complexity index is 1450. The zero-order valence-corrected chi connectivity index (χ0v) is 21.0. The van der Waals surface area contributed by atoms with Crippen molar-refractivity contribution in [1.29, 1.82) is 0 Å². The number of rotatable bonds is 6. The summed E-state index contributed by atoms with van der Waals surface area (Å²) in [6.45, 7) is 2.60. The molecule has 1 atom stereocenters. The van der Waals surface area contributed by atoms with Gasteiger partial charge in [-0.25, -0.2) is 5.06 Å². The Morgan fingerprint density at radius 3 is 2.59 bits per heavy atom. The Hall–Kier alpha value is -3.68. The minimum Gasteiger partial charge on any atom is -0.469 e. The first-order valence-corrected chi connectivity index (χ1v) is 12.9. The maximum absolute atomic E-state index is 13.2. The molecule has 7 nitrogen and oxygen atoms in total. The van der Waals surface area contributed by atoms with Gasteiger partial charge in [0.2, 0.25) is 5.91 Å². The molecule has 1 spiro atoms. The molecular formula is C30H31N3O4. The number of hydrogen-bond acceptors (Lipinski definition) is 5. The van der Waals surface area contributed by atoms with Crippen LogP contribution in [0.4, 0.5) is 0 Å². The van der Waals surface area contributed by atoms with Gasteiger partial charge in [0.25, 0.3) is 0 Å². The van der Waals surface area contributed by atoms with E-state index < -0.39 is 11.5 Å². The molecule has 2 fully saturated rings. The topological polar surface area (TPSA) is 74.9 Å². The molecule has 2 aliphatic rings. The molecule has 0 bridgehead atoms. The van der Waals surface area contributed by atoms with Gasteiger partial charge < -0.3 is 9.72 Å². The fourth-order valence-corrected chi connectivity index (χ4v) is 6.10. The summed E-state index contributed by atoms with van der Waals surface area (Å²) in [6.07, 6.45) is 3.49. The van der Waals surface area contributed by atoms with Gasteiger partial charge in [-0.2, -0.15) is 0 Å². The largest absolute Gasteiger partial charge is 0.469 e. The molecule has 0 aliphatic carbocycles. The molecule has 7 heteroatoms. The molecule has 0 saturated carbocycles. The first-order chi connectivity index (χ1) is 18.1. The average molecular weight is 498 g/mol. The number of benzene rings is 3. The van der Waals surface area contributed by atoms with Crippen LogP contribution in [0.15, 0.2) is 72.9 Å². The fourth-order valence-electron chi connectivity index (χ4n) is 6.10. The number of nitrogens with one attached hydrogen (secondary N) is 1. The van der Waals surface area contributed by atoms with Crippen LogP contribution in [-0.2, 0) is 32.3 Å². The molecule has 6 rings (SSSR count). The van der Waals surface area contributed by atoms with E-state index in [1.54, 1.807) is 0 Å². The highest BCUT2D eigenvalue weighted by molar-refractivity contribution is 5.88. The Labute approximate surface area is 215 Å². The number of hydrogen-bond donors (Lipinski definition) is 1. The van der Waals surface area contributed by atoms with Crippen molar-refractivity contribution < 1.29 is 19.2 Å². The number of likely N-dealkylation sites (tertiary alicyclic amines) is 1. The highest BCUT2D eigenvalue weighted by Crippen LogP contribution is 2.45. The number of piperidine rings is 1. The van der Waals surface area contributed by atoms with Crippen molar-refractivity contribution in [2.24, 2.45) is 5.92 Å². The van der Waals surface area contributed by atoms with Crippen LogP contribution in [-0.4, -0.2) is 52.6 Å². The number of H-pyrrole nitrogens is 1. The summed E-state index contributed by atoms with van der Waals surface area (Å²) in [7, 11) is 1.39. The number of fused-ring (bicyclic) bond motifs is 2. The first-order valence-electron chi connectivity index (χ1n) is 12.9. The number of ether oxygens (including phenoxy) is 1. The summed E-state index contributed by atoms with van der Waals surface area (Å²) < 4.78 is 5.14. The summed E-state index contributed by atoms with van der Waals surface area (Å²) >= 11 is 0. The van der Waals surface area contributed by atoms with Gasteiger partial charge >= 0.3 is 5.97 Å². The number of esters is 1. The molecule has 190 valence electrons. The van der Waals surface area contributed by atoms with Gasteiger partial charge in [0.15, 0.2) is 0 Å². The van der Waals surface area contributed by atoms with E-state index in [0.717, 1.165) is 41.5 Å².